The summed E-state index contributed by atoms with van der Waals surface area (Å²) in [5, 5.41) is 0. The Kier molecular flexibility index (Phi) is 7.24. The first-order valence-corrected chi connectivity index (χ1v) is 9.90. The number of sulfonamides is 1. The number of carbonyl (C=O) groups is 2. The first-order chi connectivity index (χ1) is 13.2. The third-order valence-electron chi connectivity index (χ3n) is 3.99. The van der Waals surface area contributed by atoms with Crippen LogP contribution in [0.1, 0.15) is 28.8 Å². The molecule has 0 bridgehead atoms. The first kappa shape index (κ1) is 21.5. The predicted molar refractivity (Wildman–Crippen MR) is 100 cm³/mol. The largest absolute Gasteiger partial charge is 0.461 e. The van der Waals surface area contributed by atoms with Gasteiger partial charge in [0.25, 0.3) is 0 Å². The molecular weight excluding hydrogens is 387 g/mol. The van der Waals surface area contributed by atoms with Crippen molar-refractivity contribution in [1.82, 2.24) is 4.31 Å². The minimum atomic E-state index is -3.75. The Hall–Kier alpha value is -2.78. The number of benzene rings is 2. The zero-order valence-corrected chi connectivity index (χ0v) is 16.1. The normalized spacial score (nSPS) is 11.4. The summed E-state index contributed by atoms with van der Waals surface area (Å²) < 4.78 is 43.9. The number of amides is 1. The number of hydrogen-bond acceptors (Lipinski definition) is 5. The molecule has 0 radical (unpaired) electrons. The molecule has 0 heterocycles. The fourth-order valence-electron chi connectivity index (χ4n) is 2.40. The molecule has 0 aliphatic heterocycles. The summed E-state index contributed by atoms with van der Waals surface area (Å²) in [5.41, 5.74) is 6.14. The van der Waals surface area contributed by atoms with Crippen molar-refractivity contribution in [1.29, 1.82) is 0 Å². The van der Waals surface area contributed by atoms with Crippen molar-refractivity contribution < 1.29 is 27.1 Å². The number of hydrogen-bond donors (Lipinski definition) is 1. The van der Waals surface area contributed by atoms with Gasteiger partial charge in [0, 0.05) is 25.6 Å². The van der Waals surface area contributed by atoms with Crippen LogP contribution in [0, 0.1) is 5.82 Å². The molecule has 0 aliphatic carbocycles. The number of nitrogens with zero attached hydrogens (tertiary/aromatic N) is 1. The summed E-state index contributed by atoms with van der Waals surface area (Å²) in [6, 6.07) is 11.0. The van der Waals surface area contributed by atoms with Gasteiger partial charge in [-0.3, -0.25) is 9.59 Å². The van der Waals surface area contributed by atoms with Crippen LogP contribution >= 0.6 is 0 Å². The van der Waals surface area contributed by atoms with Crippen LogP contribution in [-0.2, 0) is 26.2 Å². The smallest absolute Gasteiger partial charge is 0.306 e. The van der Waals surface area contributed by atoms with E-state index in [1.54, 1.807) is 24.3 Å². The topological polar surface area (TPSA) is 107 Å². The van der Waals surface area contributed by atoms with E-state index < -0.39 is 27.7 Å². The second kappa shape index (κ2) is 9.43. The molecule has 0 saturated carbocycles. The monoisotopic (exact) mass is 408 g/mol. The molecule has 0 unspecified atom stereocenters. The second-order valence-corrected chi connectivity index (χ2v) is 8.15. The van der Waals surface area contributed by atoms with Gasteiger partial charge in [-0.2, -0.15) is 0 Å². The van der Waals surface area contributed by atoms with Crippen LogP contribution in [0.15, 0.2) is 53.4 Å². The van der Waals surface area contributed by atoms with Crippen LogP contribution in [0.4, 0.5) is 4.39 Å². The van der Waals surface area contributed by atoms with Gasteiger partial charge in [0.1, 0.15) is 12.4 Å². The van der Waals surface area contributed by atoms with Gasteiger partial charge in [-0.25, -0.2) is 17.1 Å². The number of rotatable bonds is 9. The summed E-state index contributed by atoms with van der Waals surface area (Å²) in [4.78, 5) is 23.0. The van der Waals surface area contributed by atoms with Crippen molar-refractivity contribution in [2.45, 2.75) is 24.3 Å². The molecule has 2 rings (SSSR count). The van der Waals surface area contributed by atoms with Gasteiger partial charge in [-0.15, -0.1) is 0 Å². The highest BCUT2D eigenvalue weighted by Crippen LogP contribution is 2.15. The summed E-state index contributed by atoms with van der Waals surface area (Å²) >= 11 is 0. The fourth-order valence-corrected chi connectivity index (χ4v) is 3.61. The number of nitrogens with two attached hydrogens (primary N) is 1. The Morgan fingerprint density at radius 1 is 1.14 bits per heavy atom. The Bertz CT molecular complexity index is 945. The first-order valence-electron chi connectivity index (χ1n) is 8.46. The Morgan fingerprint density at radius 3 is 2.46 bits per heavy atom. The maximum Gasteiger partial charge on any atom is 0.306 e. The van der Waals surface area contributed by atoms with Crippen molar-refractivity contribution in [3.8, 4) is 0 Å². The van der Waals surface area contributed by atoms with Gasteiger partial charge in [-0.1, -0.05) is 12.1 Å². The van der Waals surface area contributed by atoms with Gasteiger partial charge < -0.3 is 10.5 Å². The van der Waals surface area contributed by atoms with Crippen LogP contribution in [0.5, 0.6) is 0 Å². The maximum absolute atomic E-state index is 12.9. The second-order valence-electron chi connectivity index (χ2n) is 6.11. The standard InChI is InChI=1S/C19H21FN2O5S/c1-22(28(25,26)17-9-7-16(20)8-10-17)11-3-6-18(23)27-13-14-4-2-5-15(12-14)19(21)24/h2,4-5,7-10,12H,3,6,11,13H2,1H3,(H2,21,24). The van der Waals surface area contributed by atoms with Crippen LogP contribution in [0.2, 0.25) is 0 Å². The Labute approximate surface area is 163 Å². The van der Waals surface area contributed by atoms with Crippen LogP contribution in [0.25, 0.3) is 0 Å². The number of ether oxygens (including phenoxy) is 1. The van der Waals surface area contributed by atoms with E-state index in [9.17, 15) is 22.4 Å². The molecule has 2 N–H and O–H groups in total. The van der Waals surface area contributed by atoms with E-state index in [1.165, 1.54) is 19.2 Å². The molecule has 2 aromatic rings. The van der Waals surface area contributed by atoms with E-state index in [0.717, 1.165) is 16.4 Å². The molecule has 28 heavy (non-hydrogen) atoms. The zero-order valence-electron chi connectivity index (χ0n) is 15.3. The van der Waals surface area contributed by atoms with Crippen molar-refractivity contribution in [2.24, 2.45) is 5.73 Å². The van der Waals surface area contributed by atoms with Crippen LogP contribution in [0.3, 0.4) is 0 Å². The molecule has 0 aliphatic rings. The molecular formula is C19H21FN2O5S. The molecule has 1 amide bonds. The molecule has 0 atom stereocenters. The summed E-state index contributed by atoms with van der Waals surface area (Å²) in [6.07, 6.45) is 0.288. The number of primary amides is 1. The lowest BCUT2D eigenvalue weighted by atomic mass is 10.1. The fraction of sp³-hybridized carbons (Fsp3) is 0.263. The molecule has 0 spiro atoms. The molecule has 2 aromatic carbocycles. The molecule has 9 heteroatoms. The van der Waals surface area contributed by atoms with E-state index in [0.29, 0.717) is 11.1 Å². The van der Waals surface area contributed by atoms with Crippen molar-refractivity contribution in [3.63, 3.8) is 0 Å². The van der Waals surface area contributed by atoms with Gasteiger partial charge >= 0.3 is 5.97 Å². The van der Waals surface area contributed by atoms with Crippen LogP contribution < -0.4 is 5.73 Å². The highest BCUT2D eigenvalue weighted by atomic mass is 32.2. The van der Waals surface area contributed by atoms with Gasteiger partial charge in [0.15, 0.2) is 0 Å². The Balaban J connectivity index is 1.80. The van der Waals surface area contributed by atoms with Gasteiger partial charge in [0.2, 0.25) is 15.9 Å². The van der Waals surface area contributed by atoms with Crippen LogP contribution in [-0.4, -0.2) is 38.2 Å². The molecule has 0 saturated heterocycles. The minimum absolute atomic E-state index is 0.0102. The average molecular weight is 408 g/mol. The van der Waals surface area contributed by atoms with E-state index in [-0.39, 0.29) is 30.9 Å². The van der Waals surface area contributed by atoms with E-state index in [2.05, 4.69) is 0 Å². The minimum Gasteiger partial charge on any atom is -0.461 e. The Morgan fingerprint density at radius 2 is 1.82 bits per heavy atom. The highest BCUT2D eigenvalue weighted by molar-refractivity contribution is 7.89. The zero-order chi connectivity index (χ0) is 20.7. The molecule has 0 fully saturated rings. The number of halogens is 1. The third-order valence-corrected chi connectivity index (χ3v) is 5.86. The summed E-state index contributed by atoms with van der Waals surface area (Å²) in [6.45, 7) is 0.0929. The SMILES string of the molecule is CN(CCCC(=O)OCc1cccc(C(N)=O)c1)S(=O)(=O)c1ccc(F)cc1. The van der Waals surface area contributed by atoms with Gasteiger partial charge in [0.05, 0.1) is 4.90 Å². The molecule has 0 aromatic heterocycles. The third kappa shape index (κ3) is 5.86. The summed E-state index contributed by atoms with van der Waals surface area (Å²) in [7, 11) is -2.36. The lowest BCUT2D eigenvalue weighted by Crippen LogP contribution is -2.28. The predicted octanol–water partition coefficient (Wildman–Crippen LogP) is 2.07. The maximum atomic E-state index is 12.9. The summed E-state index contributed by atoms with van der Waals surface area (Å²) in [5.74, 6) is -1.58. The lowest BCUT2D eigenvalue weighted by Gasteiger charge is -2.17. The van der Waals surface area contributed by atoms with Gasteiger partial charge in [-0.05, 0) is 48.4 Å². The molecule has 7 nitrogen and oxygen atoms in total. The quantitative estimate of drug-likeness (QED) is 0.639. The highest BCUT2D eigenvalue weighted by Gasteiger charge is 2.20. The van der Waals surface area contributed by atoms with Crippen molar-refractivity contribution in [2.75, 3.05) is 13.6 Å². The molecule has 150 valence electrons. The van der Waals surface area contributed by atoms with E-state index in [4.69, 9.17) is 10.5 Å². The van der Waals surface area contributed by atoms with Crippen molar-refractivity contribution in [3.05, 3.63) is 65.5 Å². The lowest BCUT2D eigenvalue weighted by molar-refractivity contribution is -0.145. The van der Waals surface area contributed by atoms with E-state index >= 15 is 0 Å². The number of carbonyl (C=O) groups excluding carboxylic acids is 2. The number of esters is 1. The van der Waals surface area contributed by atoms with E-state index in [1.807, 2.05) is 0 Å². The average Bonchev–Trinajstić information content (AvgIpc) is 2.66. The van der Waals surface area contributed by atoms with Crippen molar-refractivity contribution >= 4 is 21.9 Å².